The molecule has 0 saturated heterocycles. The minimum atomic E-state index is -0.919. The number of aromatic amines is 1. The number of carbonyl (C=O) groups excluding carboxylic acids is 2. The minimum absolute atomic E-state index is 0.0952. The second-order valence-electron chi connectivity index (χ2n) is 14.3. The molecule has 0 aliphatic heterocycles. The summed E-state index contributed by atoms with van der Waals surface area (Å²) in [6.45, 7) is 9.79. The molecule has 1 atom stereocenters. The van der Waals surface area contributed by atoms with E-state index in [9.17, 15) is 14.0 Å². The van der Waals surface area contributed by atoms with E-state index in [0.29, 0.717) is 50.4 Å². The normalized spacial score (nSPS) is 21.9. The zero-order chi connectivity index (χ0) is 40.2. The van der Waals surface area contributed by atoms with Gasteiger partial charge in [0.2, 0.25) is 5.28 Å². The number of pyridine rings is 1. The number of esters is 1. The lowest BCUT2D eigenvalue weighted by atomic mass is 9.68. The number of amides is 1. The van der Waals surface area contributed by atoms with Gasteiger partial charge in [-0.15, -0.1) is 0 Å². The third-order valence-electron chi connectivity index (χ3n) is 10.3. The average Bonchev–Trinajstić information content (AvgIpc) is 3.75. The van der Waals surface area contributed by atoms with Gasteiger partial charge in [0.05, 0.1) is 37.2 Å². The molecule has 0 unspecified atom stereocenters. The Morgan fingerprint density at radius 2 is 1.62 bits per heavy atom. The third kappa shape index (κ3) is 8.92. The summed E-state index contributed by atoms with van der Waals surface area (Å²) in [5.41, 5.74) is 4.43. The Morgan fingerprint density at radius 1 is 0.964 bits per heavy atom. The molecule has 2 aliphatic carbocycles. The Kier molecular flexibility index (Phi) is 12.2. The highest BCUT2D eigenvalue weighted by atomic mass is 35.5. The number of rotatable bonds is 12. The monoisotopic (exact) mass is 788 g/mol. The van der Waals surface area contributed by atoms with E-state index in [4.69, 9.17) is 30.8 Å². The van der Waals surface area contributed by atoms with Gasteiger partial charge in [0.15, 0.2) is 17.2 Å². The van der Waals surface area contributed by atoms with Gasteiger partial charge in [-0.2, -0.15) is 10.2 Å². The van der Waals surface area contributed by atoms with Gasteiger partial charge in [0.1, 0.15) is 11.4 Å². The summed E-state index contributed by atoms with van der Waals surface area (Å²) >= 11 is 5.85. The largest absolute Gasteiger partial charge is 0.464 e. The fourth-order valence-electron chi connectivity index (χ4n) is 7.08. The van der Waals surface area contributed by atoms with E-state index in [1.165, 1.54) is 18.0 Å². The zero-order valence-electron chi connectivity index (χ0n) is 32.5. The number of carbonyl (C=O) groups is 2. The highest BCUT2D eigenvalue weighted by molar-refractivity contribution is 6.28. The maximum atomic E-state index is 13.3. The first-order chi connectivity index (χ1) is 26.7. The van der Waals surface area contributed by atoms with Crippen molar-refractivity contribution in [3.05, 3.63) is 106 Å². The van der Waals surface area contributed by atoms with Gasteiger partial charge in [-0.1, -0.05) is 6.07 Å². The van der Waals surface area contributed by atoms with Gasteiger partial charge in [-0.05, 0) is 102 Å². The number of nitrogens with one attached hydrogen (secondary N) is 2. The fourth-order valence-corrected chi connectivity index (χ4v) is 7.31. The van der Waals surface area contributed by atoms with Crippen LogP contribution in [-0.4, -0.2) is 88.8 Å². The average molecular weight is 789 g/mol. The van der Waals surface area contributed by atoms with Gasteiger partial charge < -0.3 is 19.5 Å². The molecule has 17 heteroatoms. The molecule has 15 nitrogen and oxygen atoms in total. The fraction of sp³-hybridized carbons (Fsp3) is 0.462. The van der Waals surface area contributed by atoms with Crippen molar-refractivity contribution in [2.75, 3.05) is 20.8 Å². The van der Waals surface area contributed by atoms with E-state index in [1.54, 1.807) is 26.3 Å². The van der Waals surface area contributed by atoms with Crippen molar-refractivity contribution in [2.24, 2.45) is 0 Å². The van der Waals surface area contributed by atoms with Crippen LogP contribution in [0.25, 0.3) is 5.82 Å². The number of methoxy groups -OCH3 is 2. The third-order valence-corrected chi connectivity index (χ3v) is 10.4. The summed E-state index contributed by atoms with van der Waals surface area (Å²) in [6.07, 6.45) is 6.75. The minimum Gasteiger partial charge on any atom is -0.464 e. The van der Waals surface area contributed by atoms with Crippen LogP contribution in [0.4, 0.5) is 4.39 Å². The Labute approximate surface area is 329 Å². The standard InChI is InChI=1S/C26H29FN8O2.C13H17ClN2O3/c1-15-8-22(32-23(30-15)9-21-7-16(2)33-34-21)19-10-26(11-19,37-4)25(36)31-17(3)18-5-6-24(28-12-18)35-14-20(27)13-29-35;1-4-19-11(17)13(18-3)6-9(7-13)10-5-8(2)15-12(14)16-10/h5-8,12-14,17,19H,9-11H2,1-4H3,(H,31,36)(H,33,34);5,9H,4,6-7H2,1-3H3/t17-,19?,26?;/m0./s1. The van der Waals surface area contributed by atoms with Crippen LogP contribution in [0.5, 0.6) is 0 Å². The number of ether oxygens (including phenoxy) is 3. The molecule has 0 spiro atoms. The molecule has 5 aromatic rings. The van der Waals surface area contributed by atoms with E-state index < -0.39 is 17.0 Å². The van der Waals surface area contributed by atoms with Crippen molar-refractivity contribution in [1.82, 2.24) is 50.2 Å². The quantitative estimate of drug-likeness (QED) is 0.119. The first kappa shape index (κ1) is 40.5. The summed E-state index contributed by atoms with van der Waals surface area (Å²) in [7, 11) is 3.10. The van der Waals surface area contributed by atoms with Crippen molar-refractivity contribution in [3.8, 4) is 5.82 Å². The summed E-state index contributed by atoms with van der Waals surface area (Å²) in [5, 5.41) is 14.4. The molecule has 2 fully saturated rings. The maximum Gasteiger partial charge on any atom is 0.338 e. The lowest BCUT2D eigenvalue weighted by Crippen LogP contribution is -2.56. The molecular weight excluding hydrogens is 743 g/mol. The van der Waals surface area contributed by atoms with Gasteiger partial charge in [0, 0.05) is 60.7 Å². The van der Waals surface area contributed by atoms with Crippen molar-refractivity contribution < 1.29 is 28.2 Å². The van der Waals surface area contributed by atoms with Crippen LogP contribution < -0.4 is 5.32 Å². The maximum absolute atomic E-state index is 13.3. The van der Waals surface area contributed by atoms with Crippen LogP contribution in [0, 0.1) is 26.6 Å². The molecular formula is C39H46ClFN10O5. The van der Waals surface area contributed by atoms with Crippen molar-refractivity contribution in [3.63, 3.8) is 0 Å². The summed E-state index contributed by atoms with van der Waals surface area (Å²) in [4.78, 5) is 47.0. The number of halogens is 2. The summed E-state index contributed by atoms with van der Waals surface area (Å²) in [6, 6.07) is 9.12. The predicted octanol–water partition coefficient (Wildman–Crippen LogP) is 5.53. The van der Waals surface area contributed by atoms with E-state index in [1.807, 2.05) is 52.0 Å². The molecule has 5 heterocycles. The van der Waals surface area contributed by atoms with Crippen molar-refractivity contribution >= 4 is 23.5 Å². The Balaban J connectivity index is 0.000000235. The molecule has 2 aliphatic rings. The van der Waals surface area contributed by atoms with Crippen LogP contribution in [-0.2, 0) is 30.2 Å². The molecule has 1 amide bonds. The smallest absolute Gasteiger partial charge is 0.338 e. The second-order valence-corrected chi connectivity index (χ2v) is 14.7. The van der Waals surface area contributed by atoms with Crippen LogP contribution in [0.2, 0.25) is 5.28 Å². The zero-order valence-corrected chi connectivity index (χ0v) is 33.2. The lowest BCUT2D eigenvalue weighted by molar-refractivity contribution is -0.182. The molecule has 2 saturated carbocycles. The van der Waals surface area contributed by atoms with Crippen LogP contribution in [0.15, 0.2) is 48.9 Å². The molecule has 0 aromatic carbocycles. The van der Waals surface area contributed by atoms with Gasteiger partial charge >= 0.3 is 5.97 Å². The van der Waals surface area contributed by atoms with E-state index in [2.05, 4.69) is 40.5 Å². The highest BCUT2D eigenvalue weighted by Crippen LogP contribution is 2.48. The molecule has 2 N–H and O–H groups in total. The predicted molar refractivity (Wildman–Crippen MR) is 203 cm³/mol. The van der Waals surface area contributed by atoms with Gasteiger partial charge in [-0.3, -0.25) is 9.89 Å². The number of aryl methyl sites for hydroxylation is 3. The van der Waals surface area contributed by atoms with Crippen LogP contribution >= 0.6 is 11.6 Å². The first-order valence-corrected chi connectivity index (χ1v) is 18.7. The van der Waals surface area contributed by atoms with Crippen LogP contribution in [0.1, 0.15) is 103 Å². The van der Waals surface area contributed by atoms with Crippen LogP contribution in [0.3, 0.4) is 0 Å². The molecule has 5 aromatic heterocycles. The van der Waals surface area contributed by atoms with E-state index in [0.717, 1.165) is 45.9 Å². The molecule has 56 heavy (non-hydrogen) atoms. The SMILES string of the molecule is CCOC(=O)C1(OC)CC(c2cc(C)nc(Cl)n2)C1.COC1(C(=O)N[C@@H](C)c2ccc(-n3cc(F)cn3)nc2)CC(c2cc(C)nc(Cc3cc(C)[nH]n3)n2)C1. The molecule has 7 rings (SSSR count). The number of nitrogens with zero attached hydrogens (tertiary/aromatic N) is 8. The van der Waals surface area contributed by atoms with Crippen molar-refractivity contribution in [1.29, 1.82) is 0 Å². The highest BCUT2D eigenvalue weighted by Gasteiger charge is 2.53. The molecule has 296 valence electrons. The van der Waals surface area contributed by atoms with Gasteiger partial charge in [-0.25, -0.2) is 38.8 Å². The topological polar surface area (TPSA) is 185 Å². The number of aromatic nitrogens is 9. The van der Waals surface area contributed by atoms with Gasteiger partial charge in [0.25, 0.3) is 5.91 Å². The molecule has 0 radical (unpaired) electrons. The summed E-state index contributed by atoms with van der Waals surface area (Å²) < 4.78 is 30.7. The Morgan fingerprint density at radius 3 is 2.18 bits per heavy atom. The molecule has 0 bridgehead atoms. The number of hydrogen-bond donors (Lipinski definition) is 2. The van der Waals surface area contributed by atoms with E-state index in [-0.39, 0.29) is 35.0 Å². The van der Waals surface area contributed by atoms with Crippen molar-refractivity contribution in [2.45, 2.75) is 95.8 Å². The lowest BCUT2D eigenvalue weighted by Gasteiger charge is -2.45. The Hall–Kier alpha value is -5.19. The first-order valence-electron chi connectivity index (χ1n) is 18.4. The Bertz CT molecular complexity index is 2140. The second kappa shape index (κ2) is 16.9. The number of hydrogen-bond acceptors (Lipinski definition) is 12. The van der Waals surface area contributed by atoms with E-state index >= 15 is 0 Å². The summed E-state index contributed by atoms with van der Waals surface area (Å²) in [5.74, 6) is 0.546. The number of H-pyrrole nitrogens is 1.